The number of amides is 1. The Morgan fingerprint density at radius 3 is 2.70 bits per heavy atom. The number of hydrogen-bond donors (Lipinski definition) is 2. The molecule has 1 atom stereocenters. The molecule has 1 spiro atoms. The Morgan fingerprint density at radius 2 is 1.93 bits per heavy atom. The molecule has 2 aromatic carbocycles. The van der Waals surface area contributed by atoms with Gasteiger partial charge in [0, 0.05) is 36.3 Å². The normalized spacial score (nSPS) is 17.1. The molecule has 0 bridgehead atoms. The molecule has 1 saturated heterocycles. The summed E-state index contributed by atoms with van der Waals surface area (Å²) >= 11 is 0. The van der Waals surface area contributed by atoms with Gasteiger partial charge in [-0.25, -0.2) is 19.3 Å². The third-order valence-corrected chi connectivity index (χ3v) is 8.53. The second kappa shape index (κ2) is 10.6. The first kappa shape index (κ1) is 26.8. The summed E-state index contributed by atoms with van der Waals surface area (Å²) in [5.41, 5.74) is 9.95. The summed E-state index contributed by atoms with van der Waals surface area (Å²) in [4.78, 5) is 29.0. The number of hydrogen-bond acceptors (Lipinski definition) is 6. The van der Waals surface area contributed by atoms with Gasteiger partial charge >= 0.3 is 0 Å². The molecular weight excluding hydrogens is 541 g/mol. The van der Waals surface area contributed by atoms with Gasteiger partial charge in [-0.2, -0.15) is 0 Å². The van der Waals surface area contributed by atoms with Crippen molar-refractivity contribution in [2.75, 3.05) is 24.1 Å². The van der Waals surface area contributed by atoms with Crippen LogP contribution in [-0.2, 0) is 0 Å². The largest absolute Gasteiger partial charge is 0.382 e. The van der Waals surface area contributed by atoms with Crippen LogP contribution in [0.1, 0.15) is 48.4 Å². The van der Waals surface area contributed by atoms with E-state index in [9.17, 15) is 4.79 Å². The Hall–Kier alpha value is -5.07. The van der Waals surface area contributed by atoms with E-state index in [0.29, 0.717) is 29.0 Å². The van der Waals surface area contributed by atoms with Crippen molar-refractivity contribution in [1.82, 2.24) is 24.3 Å². The summed E-state index contributed by atoms with van der Waals surface area (Å²) in [7, 11) is 0. The molecule has 5 aromatic rings. The van der Waals surface area contributed by atoms with Gasteiger partial charge in [0.15, 0.2) is 0 Å². The van der Waals surface area contributed by atoms with Crippen LogP contribution < -0.4 is 11.1 Å². The number of rotatable bonds is 6. The quantitative estimate of drug-likeness (QED) is 0.243. The predicted octanol–water partition coefficient (Wildman–Crippen LogP) is 5.98. The average Bonchev–Trinajstić information content (AvgIpc) is 3.52. The number of carbonyl (C=O) groups excluding carboxylic acids is 1. The maximum absolute atomic E-state index is 15.8. The molecule has 0 radical (unpaired) electrons. The van der Waals surface area contributed by atoms with Gasteiger partial charge in [0.25, 0.3) is 5.91 Å². The number of pyridine rings is 1. The van der Waals surface area contributed by atoms with Crippen LogP contribution in [0.2, 0.25) is 0 Å². The molecule has 43 heavy (non-hydrogen) atoms. The number of nitrogens with one attached hydrogen (secondary N) is 1. The maximum Gasteiger partial charge on any atom is 0.256 e. The predicted molar refractivity (Wildman–Crippen MR) is 164 cm³/mol. The summed E-state index contributed by atoms with van der Waals surface area (Å²) in [6.07, 6.45) is 8.47. The summed E-state index contributed by atoms with van der Waals surface area (Å²) in [5, 5.41) is 2.79. The van der Waals surface area contributed by atoms with E-state index in [1.807, 2.05) is 53.9 Å². The molecule has 3 aromatic heterocycles. The van der Waals surface area contributed by atoms with Crippen LogP contribution in [0.25, 0.3) is 27.9 Å². The van der Waals surface area contributed by atoms with Crippen molar-refractivity contribution >= 4 is 23.1 Å². The van der Waals surface area contributed by atoms with Crippen LogP contribution in [0.15, 0.2) is 79.3 Å². The lowest BCUT2D eigenvalue weighted by Crippen LogP contribution is -2.26. The van der Waals surface area contributed by atoms with Crippen LogP contribution in [0.3, 0.4) is 0 Å². The SMILES string of the molecule is CC#CCN1CC2(CC2)C[C@H]1c1nc(-c2ccc(C(=O)Nc3cc(-c4ccccc4)ccn3)cc2F)c2c(N)nccn12. The van der Waals surface area contributed by atoms with E-state index in [2.05, 4.69) is 32.0 Å². The third kappa shape index (κ3) is 5.00. The molecule has 1 saturated carbocycles. The minimum Gasteiger partial charge on any atom is -0.382 e. The Kier molecular flexibility index (Phi) is 6.63. The molecule has 0 unspecified atom stereocenters. The lowest BCUT2D eigenvalue weighted by atomic mass is 10.0. The zero-order chi connectivity index (χ0) is 29.6. The number of halogens is 1. The van der Waals surface area contributed by atoms with Crippen molar-refractivity contribution in [1.29, 1.82) is 0 Å². The van der Waals surface area contributed by atoms with E-state index in [1.165, 1.54) is 18.9 Å². The molecule has 3 N–H and O–H groups in total. The van der Waals surface area contributed by atoms with Crippen LogP contribution in [0.5, 0.6) is 0 Å². The van der Waals surface area contributed by atoms with Crippen LogP contribution in [0, 0.1) is 23.1 Å². The van der Waals surface area contributed by atoms with Crippen LogP contribution in [0.4, 0.5) is 16.0 Å². The van der Waals surface area contributed by atoms with Crippen LogP contribution >= 0.6 is 0 Å². The molecule has 8 nitrogen and oxygen atoms in total. The smallest absolute Gasteiger partial charge is 0.256 e. The molecule has 214 valence electrons. The van der Waals surface area contributed by atoms with Gasteiger partial charge in [0.2, 0.25) is 0 Å². The molecule has 2 aliphatic rings. The van der Waals surface area contributed by atoms with Crippen molar-refractivity contribution in [2.24, 2.45) is 5.41 Å². The number of aromatic nitrogens is 4. The van der Waals surface area contributed by atoms with E-state index >= 15 is 4.39 Å². The monoisotopic (exact) mass is 571 g/mol. The maximum atomic E-state index is 15.8. The third-order valence-electron chi connectivity index (χ3n) is 8.53. The van der Waals surface area contributed by atoms with E-state index in [4.69, 9.17) is 10.7 Å². The molecular formula is C34H30FN7O. The first-order valence-corrected chi connectivity index (χ1v) is 14.3. The fourth-order valence-corrected chi connectivity index (χ4v) is 6.14. The Bertz CT molecular complexity index is 1920. The molecule has 9 heteroatoms. The highest BCUT2D eigenvalue weighted by Gasteiger charge is 2.53. The highest BCUT2D eigenvalue weighted by molar-refractivity contribution is 6.04. The van der Waals surface area contributed by atoms with Crippen LogP contribution in [-0.4, -0.2) is 43.2 Å². The second-order valence-corrected chi connectivity index (χ2v) is 11.3. The minimum absolute atomic E-state index is 0.0265. The van der Waals surface area contributed by atoms with Crippen molar-refractivity contribution in [3.05, 3.63) is 96.5 Å². The highest BCUT2D eigenvalue weighted by Crippen LogP contribution is 2.58. The van der Waals surface area contributed by atoms with Gasteiger partial charge in [-0.1, -0.05) is 36.3 Å². The lowest BCUT2D eigenvalue weighted by molar-refractivity contribution is 0.102. The molecule has 1 amide bonds. The Morgan fingerprint density at radius 1 is 1.09 bits per heavy atom. The van der Waals surface area contributed by atoms with Crippen molar-refractivity contribution in [2.45, 2.75) is 32.2 Å². The molecule has 2 fully saturated rings. The summed E-state index contributed by atoms with van der Waals surface area (Å²) in [6, 6.07) is 17.9. The first-order chi connectivity index (χ1) is 20.9. The summed E-state index contributed by atoms with van der Waals surface area (Å²) < 4.78 is 17.7. The van der Waals surface area contributed by atoms with E-state index in [1.54, 1.807) is 30.6 Å². The van der Waals surface area contributed by atoms with Gasteiger partial charge in [-0.05, 0) is 73.1 Å². The number of likely N-dealkylation sites (tertiary alicyclic amines) is 1. The molecule has 1 aliphatic carbocycles. The number of nitrogens with two attached hydrogens (primary N) is 1. The number of anilines is 2. The van der Waals surface area contributed by atoms with Gasteiger partial charge in [-0.15, -0.1) is 5.92 Å². The fraction of sp³-hybridized carbons (Fsp3) is 0.235. The van der Waals surface area contributed by atoms with Gasteiger partial charge in [-0.3, -0.25) is 14.1 Å². The fourth-order valence-electron chi connectivity index (χ4n) is 6.14. The number of nitrogens with zero attached hydrogens (tertiary/aromatic N) is 5. The standard InChI is InChI=1S/C34H30FN7O/c1-2-3-16-41-21-34(12-13-34)20-27(41)32-40-29(30-31(36)38-15-17-42(30)32)25-10-9-24(18-26(25)35)33(43)39-28-19-23(11-14-37-28)22-7-5-4-6-8-22/h4-11,14-15,17-19,27H,12-13,16,20-21H2,1H3,(H2,36,38)(H,37,39,43)/t27-/m0/s1. The Labute approximate surface area is 248 Å². The van der Waals surface area contributed by atoms with Crippen molar-refractivity contribution in [3.8, 4) is 34.2 Å². The highest BCUT2D eigenvalue weighted by atomic mass is 19.1. The summed E-state index contributed by atoms with van der Waals surface area (Å²) in [6.45, 7) is 3.46. The molecule has 1 aliphatic heterocycles. The lowest BCUT2D eigenvalue weighted by Gasteiger charge is -2.21. The van der Waals surface area contributed by atoms with Gasteiger partial charge < -0.3 is 11.1 Å². The number of benzene rings is 2. The van der Waals surface area contributed by atoms with Crippen molar-refractivity contribution in [3.63, 3.8) is 0 Å². The first-order valence-electron chi connectivity index (χ1n) is 14.3. The average molecular weight is 572 g/mol. The van der Waals surface area contributed by atoms with Crippen molar-refractivity contribution < 1.29 is 9.18 Å². The zero-order valence-corrected chi connectivity index (χ0v) is 23.7. The molecule has 4 heterocycles. The topological polar surface area (TPSA) is 101 Å². The van der Waals surface area contributed by atoms with E-state index in [-0.39, 0.29) is 23.0 Å². The number of carbonyl (C=O) groups is 1. The van der Waals surface area contributed by atoms with E-state index in [0.717, 1.165) is 29.9 Å². The molecule has 7 rings (SSSR count). The number of imidazole rings is 1. The minimum atomic E-state index is -0.577. The Balaban J connectivity index is 1.20. The zero-order valence-electron chi connectivity index (χ0n) is 23.7. The van der Waals surface area contributed by atoms with Gasteiger partial charge in [0.1, 0.15) is 34.5 Å². The number of fused-ring (bicyclic) bond motifs is 1. The second-order valence-electron chi connectivity index (χ2n) is 11.3. The number of nitrogen functional groups attached to an aromatic ring is 1. The summed E-state index contributed by atoms with van der Waals surface area (Å²) in [5.74, 6) is 6.61. The van der Waals surface area contributed by atoms with E-state index < -0.39 is 11.7 Å². The van der Waals surface area contributed by atoms with Gasteiger partial charge in [0.05, 0.1) is 12.6 Å².